The molecule has 4 heteroatoms. The van der Waals surface area contributed by atoms with Crippen LogP contribution in [0.4, 0.5) is 0 Å². The number of nitrogens with one attached hydrogen (secondary N) is 2. The first-order valence-corrected chi connectivity index (χ1v) is 7.20. The van der Waals surface area contributed by atoms with Crippen LogP contribution in [0.25, 0.3) is 0 Å². The van der Waals surface area contributed by atoms with Gasteiger partial charge in [0.1, 0.15) is 0 Å². The van der Waals surface area contributed by atoms with Gasteiger partial charge in [-0.05, 0) is 52.6 Å². The highest BCUT2D eigenvalue weighted by Crippen LogP contribution is 2.34. The second kappa shape index (κ2) is 7.10. The molecule has 0 radical (unpaired) electrons. The molecule has 1 rings (SSSR count). The lowest BCUT2D eigenvalue weighted by molar-refractivity contribution is -0.134. The monoisotopic (exact) mass is 256 g/mol. The highest BCUT2D eigenvalue weighted by atomic mass is 16.3. The first-order valence-electron chi connectivity index (χ1n) is 7.20. The molecule has 4 nitrogen and oxygen atoms in total. The number of carbonyl (C=O) groups excluding carboxylic acids is 1. The lowest BCUT2D eigenvalue weighted by Crippen LogP contribution is -2.50. The maximum Gasteiger partial charge on any atom is 0.226 e. The maximum atomic E-state index is 12.5. The molecule has 0 aromatic rings. The molecule has 1 heterocycles. The van der Waals surface area contributed by atoms with Crippen LogP contribution in [-0.4, -0.2) is 36.2 Å². The SMILES string of the molecule is CCCC1(C(=O)NC(C)CC(C)O)CCNCC1. The topological polar surface area (TPSA) is 61.4 Å². The minimum Gasteiger partial charge on any atom is -0.393 e. The van der Waals surface area contributed by atoms with E-state index in [1.165, 1.54) is 0 Å². The summed E-state index contributed by atoms with van der Waals surface area (Å²) in [6.45, 7) is 7.72. The minimum absolute atomic E-state index is 0.0427. The zero-order valence-electron chi connectivity index (χ0n) is 12.0. The van der Waals surface area contributed by atoms with Crippen molar-refractivity contribution in [2.75, 3.05) is 13.1 Å². The van der Waals surface area contributed by atoms with E-state index in [1.54, 1.807) is 6.92 Å². The second-order valence-electron chi connectivity index (χ2n) is 5.74. The van der Waals surface area contributed by atoms with Crippen molar-refractivity contribution in [3.8, 4) is 0 Å². The van der Waals surface area contributed by atoms with Crippen molar-refractivity contribution < 1.29 is 9.90 Å². The van der Waals surface area contributed by atoms with Crippen molar-refractivity contribution in [3.63, 3.8) is 0 Å². The van der Waals surface area contributed by atoms with Crippen molar-refractivity contribution in [1.82, 2.24) is 10.6 Å². The van der Waals surface area contributed by atoms with Gasteiger partial charge in [0.15, 0.2) is 0 Å². The molecule has 2 unspecified atom stereocenters. The summed E-state index contributed by atoms with van der Waals surface area (Å²) in [5.41, 5.74) is -0.188. The Morgan fingerprint density at radius 3 is 2.50 bits per heavy atom. The van der Waals surface area contributed by atoms with Gasteiger partial charge in [-0.3, -0.25) is 4.79 Å². The van der Waals surface area contributed by atoms with E-state index in [0.29, 0.717) is 6.42 Å². The van der Waals surface area contributed by atoms with Crippen LogP contribution in [0.2, 0.25) is 0 Å². The van der Waals surface area contributed by atoms with Crippen molar-refractivity contribution in [2.45, 2.75) is 65.0 Å². The molecule has 0 saturated carbocycles. The summed E-state index contributed by atoms with van der Waals surface area (Å²) in [4.78, 5) is 12.5. The van der Waals surface area contributed by atoms with Crippen LogP contribution in [0.1, 0.15) is 52.9 Å². The number of piperidine rings is 1. The van der Waals surface area contributed by atoms with Gasteiger partial charge in [0.2, 0.25) is 5.91 Å². The zero-order chi connectivity index (χ0) is 13.6. The highest BCUT2D eigenvalue weighted by molar-refractivity contribution is 5.83. The van der Waals surface area contributed by atoms with E-state index in [-0.39, 0.29) is 23.5 Å². The number of aliphatic hydroxyl groups is 1. The summed E-state index contributed by atoms with van der Waals surface area (Å²) in [7, 11) is 0. The summed E-state index contributed by atoms with van der Waals surface area (Å²) >= 11 is 0. The molecule has 0 aliphatic carbocycles. The average Bonchev–Trinajstić information content (AvgIpc) is 2.29. The standard InChI is InChI=1S/C14H28N2O2/c1-4-5-14(6-8-15-9-7-14)13(18)16-11(2)10-12(3)17/h11-12,15,17H,4-10H2,1-3H3,(H,16,18). The zero-order valence-corrected chi connectivity index (χ0v) is 12.0. The fourth-order valence-corrected chi connectivity index (χ4v) is 2.92. The Morgan fingerprint density at radius 2 is 2.00 bits per heavy atom. The van der Waals surface area contributed by atoms with Crippen LogP contribution in [-0.2, 0) is 4.79 Å². The van der Waals surface area contributed by atoms with Gasteiger partial charge >= 0.3 is 0 Å². The van der Waals surface area contributed by atoms with Crippen molar-refractivity contribution in [2.24, 2.45) is 5.41 Å². The number of hydrogen-bond donors (Lipinski definition) is 3. The third kappa shape index (κ3) is 4.25. The molecule has 106 valence electrons. The number of carbonyl (C=O) groups is 1. The molecular weight excluding hydrogens is 228 g/mol. The molecule has 0 aromatic heterocycles. The smallest absolute Gasteiger partial charge is 0.226 e. The van der Waals surface area contributed by atoms with Gasteiger partial charge in [0, 0.05) is 6.04 Å². The van der Waals surface area contributed by atoms with E-state index >= 15 is 0 Å². The second-order valence-corrected chi connectivity index (χ2v) is 5.74. The molecular formula is C14H28N2O2. The Hall–Kier alpha value is -0.610. The number of hydrogen-bond acceptors (Lipinski definition) is 3. The van der Waals surface area contributed by atoms with Gasteiger partial charge in [0.05, 0.1) is 11.5 Å². The van der Waals surface area contributed by atoms with Crippen molar-refractivity contribution in [3.05, 3.63) is 0 Å². The van der Waals surface area contributed by atoms with E-state index in [1.807, 2.05) is 6.92 Å². The molecule has 3 N–H and O–H groups in total. The summed E-state index contributed by atoms with van der Waals surface area (Å²) in [5, 5.41) is 15.8. The summed E-state index contributed by atoms with van der Waals surface area (Å²) in [6.07, 6.45) is 4.10. The molecule has 18 heavy (non-hydrogen) atoms. The Morgan fingerprint density at radius 1 is 1.39 bits per heavy atom. The number of aliphatic hydroxyl groups excluding tert-OH is 1. The van der Waals surface area contributed by atoms with E-state index in [4.69, 9.17) is 0 Å². The highest BCUT2D eigenvalue weighted by Gasteiger charge is 2.38. The summed E-state index contributed by atoms with van der Waals surface area (Å²) in [5.74, 6) is 0.180. The van der Waals surface area contributed by atoms with Crippen LogP contribution in [0.5, 0.6) is 0 Å². The Balaban J connectivity index is 2.59. The van der Waals surface area contributed by atoms with Gasteiger partial charge in [-0.25, -0.2) is 0 Å². The van der Waals surface area contributed by atoms with Crippen LogP contribution >= 0.6 is 0 Å². The predicted molar refractivity (Wildman–Crippen MR) is 73.3 cm³/mol. The Kier molecular flexibility index (Phi) is 6.09. The first-order chi connectivity index (χ1) is 8.50. The summed E-state index contributed by atoms with van der Waals surface area (Å²) in [6, 6.07) is 0.0427. The quantitative estimate of drug-likeness (QED) is 0.674. The van der Waals surface area contributed by atoms with Crippen LogP contribution < -0.4 is 10.6 Å². The molecule has 1 aliphatic rings. The Bertz CT molecular complexity index is 255. The van der Waals surface area contributed by atoms with Crippen LogP contribution in [0.15, 0.2) is 0 Å². The van der Waals surface area contributed by atoms with Crippen LogP contribution in [0.3, 0.4) is 0 Å². The lowest BCUT2D eigenvalue weighted by atomic mass is 9.74. The number of rotatable bonds is 6. The molecule has 1 fully saturated rings. The maximum absolute atomic E-state index is 12.5. The van der Waals surface area contributed by atoms with Gasteiger partial charge in [-0.2, -0.15) is 0 Å². The number of amides is 1. The first kappa shape index (κ1) is 15.4. The minimum atomic E-state index is -0.365. The van der Waals surface area contributed by atoms with Gasteiger partial charge in [0.25, 0.3) is 0 Å². The van der Waals surface area contributed by atoms with Crippen molar-refractivity contribution in [1.29, 1.82) is 0 Å². The summed E-state index contributed by atoms with van der Waals surface area (Å²) < 4.78 is 0. The molecule has 1 aliphatic heterocycles. The molecule has 2 atom stereocenters. The van der Waals surface area contributed by atoms with Gasteiger partial charge in [-0.15, -0.1) is 0 Å². The largest absolute Gasteiger partial charge is 0.393 e. The average molecular weight is 256 g/mol. The fraction of sp³-hybridized carbons (Fsp3) is 0.929. The van der Waals surface area contributed by atoms with E-state index in [9.17, 15) is 9.90 Å². The molecule has 0 bridgehead atoms. The van der Waals surface area contributed by atoms with E-state index in [0.717, 1.165) is 38.8 Å². The van der Waals surface area contributed by atoms with Gasteiger partial charge in [-0.1, -0.05) is 13.3 Å². The molecule has 0 aromatic carbocycles. The van der Waals surface area contributed by atoms with Gasteiger partial charge < -0.3 is 15.7 Å². The molecule has 1 saturated heterocycles. The third-order valence-electron chi connectivity index (χ3n) is 3.84. The Labute approximate surface area is 111 Å². The predicted octanol–water partition coefficient (Wildman–Crippen LogP) is 1.43. The van der Waals surface area contributed by atoms with E-state index < -0.39 is 0 Å². The molecule has 1 amide bonds. The van der Waals surface area contributed by atoms with Crippen LogP contribution in [0, 0.1) is 5.41 Å². The fourth-order valence-electron chi connectivity index (χ4n) is 2.92. The normalized spacial score (nSPS) is 22.2. The lowest BCUT2D eigenvalue weighted by Gasteiger charge is -2.37. The van der Waals surface area contributed by atoms with E-state index in [2.05, 4.69) is 17.6 Å². The van der Waals surface area contributed by atoms with Crippen molar-refractivity contribution >= 4 is 5.91 Å². The third-order valence-corrected chi connectivity index (χ3v) is 3.84. The molecule has 0 spiro atoms.